The largest absolute Gasteiger partial charge is 0.416 e. The fourth-order valence-electron chi connectivity index (χ4n) is 5.93. The number of rotatable bonds is 13. The van der Waals surface area contributed by atoms with Gasteiger partial charge in [0.1, 0.15) is 0 Å². The molecule has 5 rings (SSSR count). The van der Waals surface area contributed by atoms with Crippen LogP contribution in [0.2, 0.25) is 0 Å². The van der Waals surface area contributed by atoms with Crippen LogP contribution < -0.4 is 10.2 Å². The maximum Gasteiger partial charge on any atom is 0.416 e. The first-order valence-corrected chi connectivity index (χ1v) is 16.6. The number of hydrogen-bond acceptors (Lipinski definition) is 6. The van der Waals surface area contributed by atoms with Gasteiger partial charge in [-0.25, -0.2) is 0 Å². The molecular weight excluding hydrogens is 635 g/mol. The number of halogens is 3. The number of benzene rings is 3. The lowest BCUT2D eigenvalue weighted by Crippen LogP contribution is -2.41. The van der Waals surface area contributed by atoms with Crippen LogP contribution in [0.15, 0.2) is 66.7 Å². The van der Waals surface area contributed by atoms with Crippen LogP contribution in [0.25, 0.3) is 10.9 Å². The van der Waals surface area contributed by atoms with Crippen LogP contribution in [0.1, 0.15) is 69.0 Å². The van der Waals surface area contributed by atoms with Gasteiger partial charge in [-0.15, -0.1) is 0 Å². The molecule has 1 saturated heterocycles. The van der Waals surface area contributed by atoms with Crippen LogP contribution in [0.5, 0.6) is 0 Å². The number of fused-ring (bicyclic) bond motifs is 1. The number of H-pyrrole nitrogens is 1. The third kappa shape index (κ3) is 8.68. The summed E-state index contributed by atoms with van der Waals surface area (Å²) in [6.45, 7) is 9.83. The second kappa shape index (κ2) is 15.7. The van der Waals surface area contributed by atoms with E-state index >= 15 is 0 Å². The number of alkyl halides is 3. The lowest BCUT2D eigenvalue weighted by molar-refractivity contribution is -0.137. The number of aromatic nitrogens is 1. The van der Waals surface area contributed by atoms with Crippen molar-refractivity contribution in [3.8, 4) is 0 Å². The summed E-state index contributed by atoms with van der Waals surface area (Å²) >= 11 is 0. The molecule has 12 heteroatoms. The van der Waals surface area contributed by atoms with Crippen molar-refractivity contribution in [1.82, 2.24) is 14.8 Å². The van der Waals surface area contributed by atoms with E-state index in [1.807, 2.05) is 6.07 Å². The molecule has 0 atom stereocenters. The third-order valence-corrected chi connectivity index (χ3v) is 8.62. The van der Waals surface area contributed by atoms with Crippen molar-refractivity contribution in [1.29, 1.82) is 0 Å². The Kier molecular flexibility index (Phi) is 11.4. The summed E-state index contributed by atoms with van der Waals surface area (Å²) in [4.78, 5) is 49.7. The van der Waals surface area contributed by atoms with Crippen LogP contribution in [-0.2, 0) is 10.9 Å². The van der Waals surface area contributed by atoms with E-state index in [9.17, 15) is 27.6 Å². The fraction of sp³-hybridized carbons (Fsp3) is 0.378. The number of ketones is 1. The van der Waals surface area contributed by atoms with Gasteiger partial charge in [0.2, 0.25) is 5.78 Å². The molecule has 1 aliphatic rings. The zero-order chi connectivity index (χ0) is 35.1. The molecule has 0 bridgehead atoms. The van der Waals surface area contributed by atoms with E-state index in [2.05, 4.69) is 33.9 Å². The molecule has 9 nitrogen and oxygen atoms in total. The van der Waals surface area contributed by atoms with E-state index in [0.29, 0.717) is 37.3 Å². The van der Waals surface area contributed by atoms with Crippen LogP contribution in [0.4, 0.5) is 24.5 Å². The monoisotopic (exact) mass is 677 g/mol. The Hall–Kier alpha value is -4.68. The molecular formula is C37H42F3N5O4. The van der Waals surface area contributed by atoms with E-state index in [-0.39, 0.29) is 33.9 Å². The van der Waals surface area contributed by atoms with Crippen molar-refractivity contribution in [2.45, 2.75) is 32.9 Å². The topological polar surface area (TPSA) is 98.0 Å². The van der Waals surface area contributed by atoms with Crippen molar-refractivity contribution in [2.24, 2.45) is 0 Å². The zero-order valence-electron chi connectivity index (χ0n) is 28.0. The molecule has 3 aromatic carbocycles. The number of amides is 2. The van der Waals surface area contributed by atoms with Gasteiger partial charge in [0.15, 0.2) is 0 Å². The Morgan fingerprint density at radius 2 is 1.61 bits per heavy atom. The predicted octanol–water partition coefficient (Wildman–Crippen LogP) is 6.70. The first-order valence-electron chi connectivity index (χ1n) is 16.6. The highest BCUT2D eigenvalue weighted by Crippen LogP contribution is 2.33. The van der Waals surface area contributed by atoms with Crippen molar-refractivity contribution in [3.05, 3.63) is 94.7 Å². The lowest BCUT2D eigenvalue weighted by Gasteiger charge is -2.28. The molecule has 1 aromatic heterocycles. The minimum Gasteiger partial charge on any atom is -0.379 e. The number of nitrogens with zero attached hydrogens (tertiary/aromatic N) is 3. The van der Waals surface area contributed by atoms with Gasteiger partial charge >= 0.3 is 6.18 Å². The number of ether oxygens (including phenoxy) is 1. The molecule has 0 radical (unpaired) electrons. The van der Waals surface area contributed by atoms with Gasteiger partial charge in [0.05, 0.1) is 30.2 Å². The average molecular weight is 678 g/mol. The number of nitrogens with one attached hydrogen (secondary N) is 2. The Labute approximate surface area is 284 Å². The molecule has 1 aliphatic heterocycles. The summed E-state index contributed by atoms with van der Waals surface area (Å²) in [7, 11) is 1.73. The van der Waals surface area contributed by atoms with Gasteiger partial charge in [-0.05, 0) is 67.4 Å². The molecule has 4 aromatic rings. The summed E-state index contributed by atoms with van der Waals surface area (Å²) in [5.74, 6) is -1.22. The molecule has 0 unspecified atom stereocenters. The Balaban J connectivity index is 1.41. The number of morpholine rings is 1. The van der Waals surface area contributed by atoms with Crippen LogP contribution in [0.3, 0.4) is 0 Å². The number of anilines is 2. The molecule has 0 spiro atoms. The first-order chi connectivity index (χ1) is 23.5. The SMILES string of the molecule is CCCN(CCC)c1ccc(NC(=O)c2cccc(C(=O)N(C)CCN3CCOCC3)c2)c(C(=O)c2cc3ccc(C(F)(F)F)cc3[nH]2)c1. The molecule has 0 aliphatic carbocycles. The quantitative estimate of drug-likeness (QED) is 0.153. The summed E-state index contributed by atoms with van der Waals surface area (Å²) in [5, 5.41) is 3.30. The summed E-state index contributed by atoms with van der Waals surface area (Å²) in [6.07, 6.45) is -2.77. The molecule has 1 fully saturated rings. The van der Waals surface area contributed by atoms with Gasteiger partial charge in [-0.3, -0.25) is 19.3 Å². The number of aromatic amines is 1. The van der Waals surface area contributed by atoms with Crippen molar-refractivity contribution >= 4 is 39.9 Å². The van der Waals surface area contributed by atoms with Crippen LogP contribution >= 0.6 is 0 Å². The molecule has 2 amide bonds. The summed E-state index contributed by atoms with van der Waals surface area (Å²) in [5.41, 5.74) is 1.24. The van der Waals surface area contributed by atoms with Crippen molar-refractivity contribution in [3.63, 3.8) is 0 Å². The molecule has 260 valence electrons. The Morgan fingerprint density at radius 1 is 0.898 bits per heavy atom. The molecule has 0 saturated carbocycles. The zero-order valence-corrected chi connectivity index (χ0v) is 28.0. The summed E-state index contributed by atoms with van der Waals surface area (Å²) in [6, 6.07) is 16.4. The standard InChI is InChI=1S/C37H42F3N5O4/c1-4-13-45(14-5-2)29-11-12-31(30(24-29)34(46)33-22-25-9-10-28(37(38,39)40)23-32(25)41-33)42-35(47)26-7-6-8-27(21-26)36(48)43(3)15-16-44-17-19-49-20-18-44/h6-12,21-24,41H,4-5,13-20H2,1-3H3,(H,42,47). The lowest BCUT2D eigenvalue weighted by atomic mass is 10.0. The molecule has 2 N–H and O–H groups in total. The minimum absolute atomic E-state index is 0.0900. The molecule has 49 heavy (non-hydrogen) atoms. The first kappa shape index (κ1) is 35.6. The predicted molar refractivity (Wildman–Crippen MR) is 185 cm³/mol. The van der Waals surface area contributed by atoms with E-state index in [0.717, 1.165) is 56.8 Å². The van der Waals surface area contributed by atoms with E-state index in [4.69, 9.17) is 4.74 Å². The van der Waals surface area contributed by atoms with Gasteiger partial charge in [0, 0.05) is 79.6 Å². The smallest absolute Gasteiger partial charge is 0.379 e. The highest BCUT2D eigenvalue weighted by molar-refractivity contribution is 6.16. The van der Waals surface area contributed by atoms with E-state index in [1.165, 1.54) is 18.2 Å². The van der Waals surface area contributed by atoms with Gasteiger partial charge in [-0.2, -0.15) is 13.2 Å². The number of likely N-dealkylation sites (N-methyl/N-ethyl adjacent to an activating group) is 1. The highest BCUT2D eigenvalue weighted by Gasteiger charge is 2.31. The van der Waals surface area contributed by atoms with Gasteiger partial charge < -0.3 is 24.8 Å². The molecule has 2 heterocycles. The van der Waals surface area contributed by atoms with E-state index < -0.39 is 23.4 Å². The normalized spacial score (nSPS) is 13.8. The van der Waals surface area contributed by atoms with Crippen molar-refractivity contribution < 1.29 is 32.3 Å². The maximum absolute atomic E-state index is 14.0. The second-order valence-corrected chi connectivity index (χ2v) is 12.2. The second-order valence-electron chi connectivity index (χ2n) is 12.2. The van der Waals surface area contributed by atoms with Crippen LogP contribution in [-0.4, -0.2) is 91.9 Å². The Morgan fingerprint density at radius 3 is 2.31 bits per heavy atom. The third-order valence-electron chi connectivity index (χ3n) is 8.62. The van der Waals surface area contributed by atoms with Gasteiger partial charge in [0.25, 0.3) is 11.8 Å². The van der Waals surface area contributed by atoms with Gasteiger partial charge in [-0.1, -0.05) is 26.0 Å². The number of carbonyl (C=O) groups is 3. The minimum atomic E-state index is -4.53. The average Bonchev–Trinajstić information content (AvgIpc) is 3.54. The maximum atomic E-state index is 14.0. The fourth-order valence-corrected chi connectivity index (χ4v) is 5.93. The van der Waals surface area contributed by atoms with E-state index in [1.54, 1.807) is 42.3 Å². The Bertz CT molecular complexity index is 1790. The van der Waals surface area contributed by atoms with Crippen LogP contribution in [0, 0.1) is 0 Å². The highest BCUT2D eigenvalue weighted by atomic mass is 19.4. The number of carbonyl (C=O) groups excluding carboxylic acids is 3. The van der Waals surface area contributed by atoms with Crippen molar-refractivity contribution in [2.75, 3.05) is 69.7 Å². The summed E-state index contributed by atoms with van der Waals surface area (Å²) < 4.78 is 45.5. The number of hydrogen-bond donors (Lipinski definition) is 2.